The second kappa shape index (κ2) is 12.7. The minimum Gasteiger partial charge on any atom is -0.493 e. The van der Waals surface area contributed by atoms with Crippen molar-refractivity contribution in [1.82, 2.24) is 9.80 Å². The van der Waals surface area contributed by atoms with Crippen LogP contribution in [0.1, 0.15) is 47.6 Å². The van der Waals surface area contributed by atoms with E-state index in [0.29, 0.717) is 43.9 Å². The van der Waals surface area contributed by atoms with Crippen LogP contribution in [-0.4, -0.2) is 62.0 Å². The third-order valence-corrected chi connectivity index (χ3v) is 8.10. The maximum absolute atomic E-state index is 14.4. The number of ether oxygens (including phenoxy) is 2. The molecule has 0 N–H and O–H groups in total. The lowest BCUT2D eigenvalue weighted by molar-refractivity contribution is -0.118. The van der Waals surface area contributed by atoms with Crippen LogP contribution >= 0.6 is 0 Å². The van der Waals surface area contributed by atoms with Gasteiger partial charge < -0.3 is 19.3 Å². The summed E-state index contributed by atoms with van der Waals surface area (Å²) in [7, 11) is 3.59. The summed E-state index contributed by atoms with van der Waals surface area (Å²) < 4.78 is 25.8. The lowest BCUT2D eigenvalue weighted by atomic mass is 9.97. The number of Topliss-reactive ketones (excluding diaryl/α,β-unsaturated/α-hetero) is 1. The van der Waals surface area contributed by atoms with Gasteiger partial charge in [-0.05, 0) is 102 Å². The topological polar surface area (TPSA) is 59.1 Å². The standard InChI is InChI=1S/C35H37FN2O4/c1-23-18-26(21-33(41-4)34(23)42-35(40)38-16-14-37(3)15-17-38)20-31-24(2)29(32-22-27(36)10-12-30(31)32)13-11-28(39)19-25-8-6-5-7-9-25/h5-10,12,18,20-22H,11,13-17,19H2,1-4H3/b31-20-. The van der Waals surface area contributed by atoms with Crippen molar-refractivity contribution in [3.05, 3.63) is 99.9 Å². The van der Waals surface area contributed by atoms with Gasteiger partial charge in [0.2, 0.25) is 0 Å². The fourth-order valence-corrected chi connectivity index (χ4v) is 5.69. The van der Waals surface area contributed by atoms with Crippen LogP contribution in [0.2, 0.25) is 0 Å². The van der Waals surface area contributed by atoms with E-state index >= 15 is 0 Å². The van der Waals surface area contributed by atoms with Crippen molar-refractivity contribution >= 4 is 29.1 Å². The Morgan fingerprint density at radius 3 is 2.40 bits per heavy atom. The summed E-state index contributed by atoms with van der Waals surface area (Å²) in [5.41, 5.74) is 7.37. The molecular formula is C35H37FN2O4. The molecule has 6 nitrogen and oxygen atoms in total. The fourth-order valence-electron chi connectivity index (χ4n) is 5.69. The van der Waals surface area contributed by atoms with Gasteiger partial charge in [0.25, 0.3) is 0 Å². The predicted octanol–water partition coefficient (Wildman–Crippen LogP) is 6.81. The summed E-state index contributed by atoms with van der Waals surface area (Å²) in [6.45, 7) is 6.76. The number of ketones is 1. The Labute approximate surface area is 247 Å². The molecule has 5 rings (SSSR count). The first-order chi connectivity index (χ1) is 20.2. The molecule has 2 aliphatic rings. The van der Waals surface area contributed by atoms with E-state index < -0.39 is 0 Å². The molecule has 42 heavy (non-hydrogen) atoms. The molecule has 1 saturated heterocycles. The second-order valence-corrected chi connectivity index (χ2v) is 11.1. The number of fused-ring (bicyclic) bond motifs is 1. The van der Waals surface area contributed by atoms with Crippen LogP contribution in [-0.2, 0) is 11.2 Å². The van der Waals surface area contributed by atoms with Gasteiger partial charge in [0, 0.05) is 39.0 Å². The Morgan fingerprint density at radius 2 is 1.69 bits per heavy atom. The fraction of sp³-hybridized carbons (Fsp3) is 0.314. The van der Waals surface area contributed by atoms with Gasteiger partial charge in [-0.15, -0.1) is 0 Å². The molecule has 1 aliphatic heterocycles. The van der Waals surface area contributed by atoms with E-state index in [1.165, 1.54) is 6.07 Å². The van der Waals surface area contributed by atoms with Gasteiger partial charge in [-0.2, -0.15) is 0 Å². The summed E-state index contributed by atoms with van der Waals surface area (Å²) in [6.07, 6.45) is 2.97. The Bertz CT molecular complexity index is 1550. The highest BCUT2D eigenvalue weighted by Gasteiger charge is 2.26. The van der Waals surface area contributed by atoms with Crippen LogP contribution < -0.4 is 9.47 Å². The Balaban J connectivity index is 1.40. The molecule has 1 heterocycles. The molecule has 1 fully saturated rings. The molecule has 0 aromatic heterocycles. The van der Waals surface area contributed by atoms with Crippen molar-refractivity contribution in [3.8, 4) is 11.5 Å². The summed E-state index contributed by atoms with van der Waals surface area (Å²) in [5, 5.41) is 0. The average molecular weight is 569 g/mol. The maximum atomic E-state index is 14.4. The van der Waals surface area contributed by atoms with E-state index in [2.05, 4.69) is 4.90 Å². The van der Waals surface area contributed by atoms with Gasteiger partial charge in [0.15, 0.2) is 11.5 Å². The number of aryl methyl sites for hydroxylation is 1. The van der Waals surface area contributed by atoms with Crippen molar-refractivity contribution in [3.63, 3.8) is 0 Å². The highest BCUT2D eigenvalue weighted by Crippen LogP contribution is 2.45. The second-order valence-electron chi connectivity index (χ2n) is 11.1. The number of nitrogens with zero attached hydrogens (tertiary/aromatic N) is 2. The first kappa shape index (κ1) is 29.3. The SMILES string of the molecule is COc1cc(/C=C2/C(C)=C(CCC(=O)Cc3ccccc3)c3cc(F)ccc32)cc(C)c1OC(=O)N1CCN(C)CC1. The van der Waals surface area contributed by atoms with Gasteiger partial charge in [0.1, 0.15) is 11.6 Å². The molecule has 0 radical (unpaired) electrons. The Morgan fingerprint density at radius 1 is 0.952 bits per heavy atom. The molecule has 0 spiro atoms. The van der Waals surface area contributed by atoms with Crippen LogP contribution in [0.15, 0.2) is 66.2 Å². The largest absolute Gasteiger partial charge is 0.493 e. The van der Waals surface area contributed by atoms with Crippen molar-refractivity contribution in [2.75, 3.05) is 40.3 Å². The molecule has 1 aliphatic carbocycles. The number of methoxy groups -OCH3 is 1. The first-order valence-corrected chi connectivity index (χ1v) is 14.3. The van der Waals surface area contributed by atoms with Crippen molar-refractivity contribution in [1.29, 1.82) is 0 Å². The van der Waals surface area contributed by atoms with Crippen molar-refractivity contribution < 1.29 is 23.5 Å². The highest BCUT2D eigenvalue weighted by molar-refractivity contribution is 6.05. The molecule has 0 bridgehead atoms. The number of amides is 1. The van der Waals surface area contributed by atoms with Crippen LogP contribution in [0.3, 0.4) is 0 Å². The molecule has 0 atom stereocenters. The number of carbonyl (C=O) groups is 2. The van der Waals surface area contributed by atoms with E-state index in [9.17, 15) is 14.0 Å². The predicted molar refractivity (Wildman–Crippen MR) is 164 cm³/mol. The average Bonchev–Trinajstić information content (AvgIpc) is 3.23. The third kappa shape index (κ3) is 6.47. The van der Waals surface area contributed by atoms with Gasteiger partial charge in [-0.25, -0.2) is 9.18 Å². The molecule has 218 valence electrons. The van der Waals surface area contributed by atoms with E-state index in [4.69, 9.17) is 9.47 Å². The van der Waals surface area contributed by atoms with E-state index in [-0.39, 0.29) is 17.7 Å². The molecule has 1 amide bonds. The molecule has 3 aromatic rings. The first-order valence-electron chi connectivity index (χ1n) is 14.3. The molecule has 0 saturated carbocycles. The van der Waals surface area contributed by atoms with E-state index in [0.717, 1.165) is 57.6 Å². The van der Waals surface area contributed by atoms with Crippen molar-refractivity contribution in [2.45, 2.75) is 33.1 Å². The number of carbonyl (C=O) groups excluding carboxylic acids is 2. The smallest absolute Gasteiger partial charge is 0.415 e. The minimum absolute atomic E-state index is 0.152. The Hall–Kier alpha value is -4.23. The van der Waals surface area contributed by atoms with Gasteiger partial charge >= 0.3 is 6.09 Å². The molecule has 7 heteroatoms. The number of piperazine rings is 1. The van der Waals surface area contributed by atoms with Crippen LogP contribution in [0.5, 0.6) is 11.5 Å². The summed E-state index contributed by atoms with van der Waals surface area (Å²) >= 11 is 0. The number of likely N-dealkylation sites (N-methyl/N-ethyl adjacent to an activating group) is 1. The summed E-state index contributed by atoms with van der Waals surface area (Å²) in [5.74, 6) is 0.719. The number of allylic oxidation sites excluding steroid dienone is 3. The van der Waals surface area contributed by atoms with Crippen LogP contribution in [0.4, 0.5) is 9.18 Å². The maximum Gasteiger partial charge on any atom is 0.415 e. The zero-order valence-corrected chi connectivity index (χ0v) is 24.7. The molecule has 0 unspecified atom stereocenters. The number of hydrogen-bond acceptors (Lipinski definition) is 5. The van der Waals surface area contributed by atoms with Crippen LogP contribution in [0.25, 0.3) is 17.2 Å². The Kier molecular flexibility index (Phi) is 8.88. The third-order valence-electron chi connectivity index (χ3n) is 8.10. The monoisotopic (exact) mass is 568 g/mol. The zero-order valence-electron chi connectivity index (χ0n) is 24.7. The van der Waals surface area contributed by atoms with Gasteiger partial charge in [0.05, 0.1) is 7.11 Å². The number of hydrogen-bond donors (Lipinski definition) is 0. The number of rotatable bonds is 8. The highest BCUT2D eigenvalue weighted by atomic mass is 19.1. The summed E-state index contributed by atoms with van der Waals surface area (Å²) in [4.78, 5) is 29.6. The minimum atomic E-state index is -0.382. The van der Waals surface area contributed by atoms with Crippen LogP contribution in [0, 0.1) is 12.7 Å². The van der Waals surface area contributed by atoms with Gasteiger partial charge in [-0.3, -0.25) is 4.79 Å². The van der Waals surface area contributed by atoms with E-state index in [1.54, 1.807) is 24.1 Å². The lowest BCUT2D eigenvalue weighted by Gasteiger charge is -2.31. The number of benzene rings is 3. The quantitative estimate of drug-likeness (QED) is 0.299. The normalized spacial score (nSPS) is 16.1. The van der Waals surface area contributed by atoms with Gasteiger partial charge in [-0.1, -0.05) is 36.4 Å². The van der Waals surface area contributed by atoms with E-state index in [1.807, 2.05) is 69.4 Å². The summed E-state index contributed by atoms with van der Waals surface area (Å²) in [6, 6.07) is 18.4. The lowest BCUT2D eigenvalue weighted by Crippen LogP contribution is -2.48. The molecule has 3 aromatic carbocycles. The zero-order chi connectivity index (χ0) is 29.8. The number of halogens is 1. The molecular weight excluding hydrogens is 531 g/mol. The van der Waals surface area contributed by atoms with Crippen molar-refractivity contribution in [2.24, 2.45) is 0 Å².